The summed E-state index contributed by atoms with van der Waals surface area (Å²) in [5.41, 5.74) is 1.22. The van der Waals surface area contributed by atoms with Gasteiger partial charge in [-0.2, -0.15) is 5.10 Å². The molecule has 7 heteroatoms. The normalized spacial score (nSPS) is 17.7. The number of hydrogen-bond acceptors (Lipinski definition) is 5. The van der Waals surface area contributed by atoms with Gasteiger partial charge in [-0.1, -0.05) is 0 Å². The number of rotatable bonds is 5. The Balaban J connectivity index is 1.44. The van der Waals surface area contributed by atoms with Crippen molar-refractivity contribution in [3.05, 3.63) is 64.0 Å². The van der Waals surface area contributed by atoms with Gasteiger partial charge in [0.25, 0.3) is 5.91 Å². The number of amides is 1. The van der Waals surface area contributed by atoms with Crippen LogP contribution >= 0.6 is 11.3 Å². The largest absolute Gasteiger partial charge is 0.459 e. The first kappa shape index (κ1) is 17.1. The van der Waals surface area contributed by atoms with Crippen LogP contribution in [0.5, 0.6) is 0 Å². The van der Waals surface area contributed by atoms with Crippen LogP contribution in [0.1, 0.15) is 26.0 Å². The first-order chi connectivity index (χ1) is 12.7. The molecule has 0 saturated carbocycles. The highest BCUT2D eigenvalue weighted by atomic mass is 32.1. The zero-order valence-electron chi connectivity index (χ0n) is 14.7. The van der Waals surface area contributed by atoms with Crippen LogP contribution in [-0.4, -0.2) is 33.7 Å². The topological polar surface area (TPSA) is 63.3 Å². The minimum Gasteiger partial charge on any atom is -0.459 e. The van der Waals surface area contributed by atoms with E-state index in [0.29, 0.717) is 12.3 Å². The van der Waals surface area contributed by atoms with E-state index in [9.17, 15) is 4.79 Å². The van der Waals surface area contributed by atoms with Gasteiger partial charge < -0.3 is 9.73 Å². The number of carbonyl (C=O) groups excluding carboxylic acids is 1. The third kappa shape index (κ3) is 3.89. The van der Waals surface area contributed by atoms with Gasteiger partial charge in [0.1, 0.15) is 0 Å². The first-order valence-electron chi connectivity index (χ1n) is 8.77. The number of thiophene rings is 1. The molecular weight excluding hydrogens is 348 g/mol. The summed E-state index contributed by atoms with van der Waals surface area (Å²) in [6.07, 6.45) is 3.37. The van der Waals surface area contributed by atoms with E-state index >= 15 is 0 Å². The average molecular weight is 370 g/mol. The molecule has 3 aromatic rings. The Morgan fingerprint density at radius 2 is 2.27 bits per heavy atom. The molecule has 1 aliphatic heterocycles. The standard InChI is InChI=1S/C19H22N4O2S/c1-14-4-5-17(26-14)13-22-10-15(11-23-16(12-22)6-7-21-23)9-20-19(24)18-3-2-8-25-18/h2-8,15H,9-13H2,1H3,(H,20,24)/t15-/m1/s1. The Morgan fingerprint density at radius 1 is 1.35 bits per heavy atom. The Kier molecular flexibility index (Phi) is 4.90. The van der Waals surface area contributed by atoms with Crippen LogP contribution in [0.15, 0.2) is 47.2 Å². The lowest BCUT2D eigenvalue weighted by atomic mass is 10.1. The predicted octanol–water partition coefficient (Wildman–Crippen LogP) is 2.91. The van der Waals surface area contributed by atoms with E-state index in [0.717, 1.165) is 26.2 Å². The van der Waals surface area contributed by atoms with Crippen molar-refractivity contribution in [1.82, 2.24) is 20.0 Å². The maximum Gasteiger partial charge on any atom is 0.286 e. The number of carbonyl (C=O) groups is 1. The summed E-state index contributed by atoms with van der Waals surface area (Å²) < 4.78 is 7.23. The third-order valence-corrected chi connectivity index (χ3v) is 5.59. The molecule has 1 aliphatic rings. The zero-order chi connectivity index (χ0) is 17.9. The van der Waals surface area contributed by atoms with Crippen LogP contribution in [0.25, 0.3) is 0 Å². The molecule has 4 heterocycles. The highest BCUT2D eigenvalue weighted by Crippen LogP contribution is 2.22. The molecule has 0 aromatic carbocycles. The molecule has 26 heavy (non-hydrogen) atoms. The molecule has 3 aromatic heterocycles. The van der Waals surface area contributed by atoms with Gasteiger partial charge >= 0.3 is 0 Å². The molecule has 0 fully saturated rings. The fourth-order valence-corrected chi connectivity index (χ4v) is 4.32. The highest BCUT2D eigenvalue weighted by molar-refractivity contribution is 7.11. The number of hydrogen-bond donors (Lipinski definition) is 1. The molecule has 6 nitrogen and oxygen atoms in total. The van der Waals surface area contributed by atoms with Gasteiger partial charge in [-0.15, -0.1) is 11.3 Å². The average Bonchev–Trinajstić information content (AvgIpc) is 3.35. The lowest BCUT2D eigenvalue weighted by Crippen LogP contribution is -2.36. The molecule has 1 amide bonds. The van der Waals surface area contributed by atoms with Crippen LogP contribution in [0, 0.1) is 12.8 Å². The number of nitrogens with zero attached hydrogens (tertiary/aromatic N) is 3. The molecule has 1 N–H and O–H groups in total. The van der Waals surface area contributed by atoms with Crippen molar-refractivity contribution in [3.8, 4) is 0 Å². The van der Waals surface area contributed by atoms with E-state index < -0.39 is 0 Å². The summed E-state index contributed by atoms with van der Waals surface area (Å²) in [5, 5.41) is 7.45. The molecule has 0 unspecified atom stereocenters. The van der Waals surface area contributed by atoms with Gasteiger partial charge in [0.05, 0.1) is 12.0 Å². The second kappa shape index (κ2) is 7.47. The number of furan rings is 1. The van der Waals surface area contributed by atoms with Crippen molar-refractivity contribution in [2.75, 3.05) is 13.1 Å². The second-order valence-electron chi connectivity index (χ2n) is 6.74. The lowest BCUT2D eigenvalue weighted by molar-refractivity contribution is 0.0912. The molecule has 0 bridgehead atoms. The fourth-order valence-electron chi connectivity index (χ4n) is 3.39. The zero-order valence-corrected chi connectivity index (χ0v) is 15.5. The van der Waals surface area contributed by atoms with E-state index in [1.807, 2.05) is 17.5 Å². The van der Waals surface area contributed by atoms with Gasteiger partial charge in [-0.3, -0.25) is 14.4 Å². The van der Waals surface area contributed by atoms with Crippen molar-refractivity contribution in [2.45, 2.75) is 26.6 Å². The van der Waals surface area contributed by atoms with Crippen molar-refractivity contribution < 1.29 is 9.21 Å². The number of aromatic nitrogens is 2. The van der Waals surface area contributed by atoms with Gasteiger partial charge in [0, 0.05) is 54.6 Å². The molecule has 4 rings (SSSR count). The SMILES string of the molecule is Cc1ccc(CN2Cc3ccnn3C[C@H](CNC(=O)c3ccco3)C2)s1. The van der Waals surface area contributed by atoms with Crippen molar-refractivity contribution in [1.29, 1.82) is 0 Å². The van der Waals surface area contributed by atoms with Gasteiger partial charge in [-0.05, 0) is 37.3 Å². The van der Waals surface area contributed by atoms with Crippen LogP contribution in [0.2, 0.25) is 0 Å². The summed E-state index contributed by atoms with van der Waals surface area (Å²) in [6, 6.07) is 9.86. The number of aryl methyl sites for hydroxylation is 1. The Bertz CT molecular complexity index is 868. The molecule has 0 spiro atoms. The summed E-state index contributed by atoms with van der Waals surface area (Å²) >= 11 is 1.84. The van der Waals surface area contributed by atoms with E-state index in [-0.39, 0.29) is 11.8 Å². The van der Waals surface area contributed by atoms with Gasteiger partial charge in [-0.25, -0.2) is 0 Å². The summed E-state index contributed by atoms with van der Waals surface area (Å²) in [7, 11) is 0. The molecule has 136 valence electrons. The summed E-state index contributed by atoms with van der Waals surface area (Å²) in [6.45, 7) is 6.25. The molecular formula is C19H22N4O2S. The first-order valence-corrected chi connectivity index (χ1v) is 9.59. The number of fused-ring (bicyclic) bond motifs is 1. The molecule has 0 aliphatic carbocycles. The van der Waals surface area contributed by atoms with Crippen LogP contribution in [0.4, 0.5) is 0 Å². The van der Waals surface area contributed by atoms with Crippen molar-refractivity contribution >= 4 is 17.2 Å². The number of nitrogens with one attached hydrogen (secondary N) is 1. The Morgan fingerprint density at radius 3 is 3.04 bits per heavy atom. The monoisotopic (exact) mass is 370 g/mol. The van der Waals surface area contributed by atoms with Crippen molar-refractivity contribution in [3.63, 3.8) is 0 Å². The van der Waals surface area contributed by atoms with E-state index in [2.05, 4.69) is 45.1 Å². The van der Waals surface area contributed by atoms with E-state index in [1.54, 1.807) is 12.1 Å². The Labute approximate surface area is 156 Å². The Hall–Kier alpha value is -2.38. The maximum atomic E-state index is 12.2. The molecule has 0 radical (unpaired) electrons. The minimum atomic E-state index is -0.166. The quantitative estimate of drug-likeness (QED) is 0.750. The second-order valence-corrected chi connectivity index (χ2v) is 8.11. The summed E-state index contributed by atoms with van der Waals surface area (Å²) in [4.78, 5) is 17.3. The highest BCUT2D eigenvalue weighted by Gasteiger charge is 2.23. The van der Waals surface area contributed by atoms with Gasteiger partial charge in [0.2, 0.25) is 0 Å². The summed E-state index contributed by atoms with van der Waals surface area (Å²) in [5.74, 6) is 0.473. The minimum absolute atomic E-state index is 0.166. The van der Waals surface area contributed by atoms with E-state index in [1.165, 1.54) is 21.7 Å². The predicted molar refractivity (Wildman–Crippen MR) is 99.9 cm³/mol. The molecule has 1 atom stereocenters. The van der Waals surface area contributed by atoms with Crippen LogP contribution in [0.3, 0.4) is 0 Å². The lowest BCUT2D eigenvalue weighted by Gasteiger charge is -2.23. The van der Waals surface area contributed by atoms with Crippen LogP contribution < -0.4 is 5.32 Å². The molecule has 0 saturated heterocycles. The van der Waals surface area contributed by atoms with E-state index in [4.69, 9.17) is 4.42 Å². The van der Waals surface area contributed by atoms with Crippen molar-refractivity contribution in [2.24, 2.45) is 5.92 Å². The maximum absolute atomic E-state index is 12.2. The van der Waals surface area contributed by atoms with Gasteiger partial charge in [0.15, 0.2) is 5.76 Å². The smallest absolute Gasteiger partial charge is 0.286 e. The fraction of sp³-hybridized carbons (Fsp3) is 0.368. The third-order valence-electron chi connectivity index (χ3n) is 4.61. The van der Waals surface area contributed by atoms with Crippen LogP contribution in [-0.2, 0) is 19.6 Å².